The molecule has 1 aliphatic heterocycles. The van der Waals surface area contributed by atoms with Crippen LogP contribution in [0.25, 0.3) is 0 Å². The fourth-order valence-corrected chi connectivity index (χ4v) is 3.09. The molecule has 1 fully saturated rings. The van der Waals surface area contributed by atoms with E-state index in [0.717, 1.165) is 0 Å². The van der Waals surface area contributed by atoms with Gasteiger partial charge in [-0.3, -0.25) is 0 Å². The summed E-state index contributed by atoms with van der Waals surface area (Å²) in [5.74, 6) is -0.789. The largest absolute Gasteiger partial charge is 0.458 e. The van der Waals surface area contributed by atoms with E-state index in [9.17, 15) is 9.59 Å². The molecule has 0 aromatic heterocycles. The highest BCUT2D eigenvalue weighted by atomic mass is 32.2. The monoisotopic (exact) mass is 344 g/mol. The predicted molar refractivity (Wildman–Crippen MR) is 89.7 cm³/mol. The van der Waals surface area contributed by atoms with Gasteiger partial charge in [0.05, 0.1) is 17.7 Å². The summed E-state index contributed by atoms with van der Waals surface area (Å²) in [4.78, 5) is 23.9. The van der Waals surface area contributed by atoms with Crippen LogP contribution >= 0.6 is 11.8 Å². The molecule has 24 heavy (non-hydrogen) atoms. The third-order valence-corrected chi connectivity index (χ3v) is 4.44. The van der Waals surface area contributed by atoms with Crippen molar-refractivity contribution in [2.24, 2.45) is 0 Å². The smallest absolute Gasteiger partial charge is 0.339 e. The van der Waals surface area contributed by atoms with E-state index in [2.05, 4.69) is 0 Å². The summed E-state index contributed by atoms with van der Waals surface area (Å²) in [6.07, 6.45) is 0. The minimum absolute atomic E-state index is 0.109. The molecule has 0 saturated carbocycles. The van der Waals surface area contributed by atoms with Crippen LogP contribution in [0.3, 0.4) is 0 Å². The predicted octanol–water partition coefficient (Wildman–Crippen LogP) is 3.12. The van der Waals surface area contributed by atoms with Gasteiger partial charge in [-0.15, -0.1) is 0 Å². The zero-order valence-electron chi connectivity index (χ0n) is 12.8. The third-order valence-electron chi connectivity index (χ3n) is 3.33. The number of carbonyl (C=O) groups is 2. The number of thioether (sulfide) groups is 1. The maximum absolute atomic E-state index is 12.0. The molecule has 1 aliphatic rings. The van der Waals surface area contributed by atoms with Gasteiger partial charge in [-0.1, -0.05) is 48.2 Å². The molecular formula is C18H16O5S. The van der Waals surface area contributed by atoms with Crippen molar-refractivity contribution in [1.29, 1.82) is 0 Å². The van der Waals surface area contributed by atoms with Gasteiger partial charge < -0.3 is 14.2 Å². The summed E-state index contributed by atoms with van der Waals surface area (Å²) in [5.41, 5.74) is 0.244. The number of carbonyl (C=O) groups excluding carboxylic acids is 2. The van der Waals surface area contributed by atoms with E-state index in [0.29, 0.717) is 11.1 Å². The lowest BCUT2D eigenvalue weighted by atomic mass is 10.2. The zero-order valence-corrected chi connectivity index (χ0v) is 13.6. The summed E-state index contributed by atoms with van der Waals surface area (Å²) in [7, 11) is 0. The molecule has 0 N–H and O–H groups in total. The van der Waals surface area contributed by atoms with Crippen molar-refractivity contribution in [3.63, 3.8) is 0 Å². The van der Waals surface area contributed by atoms with Crippen molar-refractivity contribution in [3.05, 3.63) is 71.8 Å². The molecule has 0 aliphatic carbocycles. The van der Waals surface area contributed by atoms with Gasteiger partial charge >= 0.3 is 11.9 Å². The van der Waals surface area contributed by atoms with Gasteiger partial charge in [0.1, 0.15) is 12.0 Å². The minimum atomic E-state index is -0.405. The van der Waals surface area contributed by atoms with Crippen LogP contribution in [0, 0.1) is 0 Å². The Kier molecular flexibility index (Phi) is 5.51. The van der Waals surface area contributed by atoms with Gasteiger partial charge in [-0.05, 0) is 24.3 Å². The fourth-order valence-electron chi connectivity index (χ4n) is 2.15. The Balaban J connectivity index is 1.44. The third kappa shape index (κ3) is 4.37. The molecule has 124 valence electrons. The maximum atomic E-state index is 12.0. The summed E-state index contributed by atoms with van der Waals surface area (Å²) in [6, 6.07) is 17.5. The van der Waals surface area contributed by atoms with Crippen LogP contribution in [0.2, 0.25) is 0 Å². The lowest BCUT2D eigenvalue weighted by Crippen LogP contribution is -2.16. The average Bonchev–Trinajstić information content (AvgIpc) is 3.08. The van der Waals surface area contributed by atoms with E-state index in [1.165, 1.54) is 11.8 Å². The van der Waals surface area contributed by atoms with Crippen molar-refractivity contribution in [1.82, 2.24) is 0 Å². The Bertz CT molecular complexity index is 689. The number of ether oxygens (including phenoxy) is 3. The molecule has 0 bridgehead atoms. The van der Waals surface area contributed by atoms with E-state index in [4.69, 9.17) is 14.2 Å². The van der Waals surface area contributed by atoms with Crippen molar-refractivity contribution in [2.45, 2.75) is 10.9 Å². The number of rotatable bonds is 5. The Morgan fingerprint density at radius 3 is 2.17 bits per heavy atom. The number of hydrogen-bond donors (Lipinski definition) is 0. The summed E-state index contributed by atoms with van der Waals surface area (Å²) < 4.78 is 16.1. The van der Waals surface area contributed by atoms with E-state index in [-0.39, 0.29) is 18.6 Å². The second-order valence-electron chi connectivity index (χ2n) is 5.06. The number of hydrogen-bond acceptors (Lipinski definition) is 6. The Hall–Kier alpha value is -2.31. The zero-order chi connectivity index (χ0) is 16.8. The van der Waals surface area contributed by atoms with Gasteiger partial charge in [0.2, 0.25) is 0 Å². The van der Waals surface area contributed by atoms with Crippen LogP contribution in [0.15, 0.2) is 60.7 Å². The lowest BCUT2D eigenvalue weighted by molar-refractivity contribution is 0.0130. The molecule has 2 unspecified atom stereocenters. The molecule has 6 heteroatoms. The topological polar surface area (TPSA) is 61.8 Å². The van der Waals surface area contributed by atoms with Crippen molar-refractivity contribution in [3.8, 4) is 0 Å². The standard InChI is InChI=1S/C18H16O5S/c19-17(13-7-3-1-4-8-13)22-11-15-21-12-16(24-15)23-18(20)14-9-5-2-6-10-14/h1-10,15-16H,11-12H2. The highest BCUT2D eigenvalue weighted by Crippen LogP contribution is 2.29. The molecule has 0 amide bonds. The second kappa shape index (κ2) is 7.99. The lowest BCUT2D eigenvalue weighted by Gasteiger charge is -2.11. The molecule has 2 aromatic carbocycles. The fraction of sp³-hybridized carbons (Fsp3) is 0.222. The first kappa shape index (κ1) is 16.5. The first-order chi connectivity index (χ1) is 11.7. The van der Waals surface area contributed by atoms with Gasteiger partial charge in [0, 0.05) is 0 Å². The van der Waals surface area contributed by atoms with Gasteiger partial charge in [0.15, 0.2) is 5.44 Å². The molecule has 2 atom stereocenters. The quantitative estimate of drug-likeness (QED) is 0.777. The molecule has 3 rings (SSSR count). The Labute approximate surface area is 143 Å². The van der Waals surface area contributed by atoms with Gasteiger partial charge in [0.25, 0.3) is 0 Å². The van der Waals surface area contributed by atoms with E-state index < -0.39 is 17.4 Å². The number of esters is 2. The van der Waals surface area contributed by atoms with Crippen LogP contribution < -0.4 is 0 Å². The molecule has 1 saturated heterocycles. The Morgan fingerprint density at radius 1 is 0.958 bits per heavy atom. The molecule has 1 heterocycles. The van der Waals surface area contributed by atoms with Crippen LogP contribution in [0.5, 0.6) is 0 Å². The summed E-state index contributed by atoms with van der Waals surface area (Å²) in [5, 5.41) is 0. The van der Waals surface area contributed by atoms with Crippen molar-refractivity contribution in [2.75, 3.05) is 13.2 Å². The molecule has 0 radical (unpaired) electrons. The molecular weight excluding hydrogens is 328 g/mol. The molecule has 2 aromatic rings. The second-order valence-corrected chi connectivity index (χ2v) is 6.39. The van der Waals surface area contributed by atoms with E-state index in [1.807, 2.05) is 12.1 Å². The van der Waals surface area contributed by atoms with Crippen LogP contribution in [-0.4, -0.2) is 36.0 Å². The molecule has 0 spiro atoms. The number of benzene rings is 2. The first-order valence-electron chi connectivity index (χ1n) is 7.47. The van der Waals surface area contributed by atoms with Crippen LogP contribution in [0.4, 0.5) is 0 Å². The minimum Gasteiger partial charge on any atom is -0.458 e. The normalized spacial score (nSPS) is 19.7. The van der Waals surface area contributed by atoms with Crippen LogP contribution in [-0.2, 0) is 14.2 Å². The van der Waals surface area contributed by atoms with E-state index in [1.54, 1.807) is 48.5 Å². The van der Waals surface area contributed by atoms with Gasteiger partial charge in [-0.2, -0.15) is 0 Å². The average molecular weight is 344 g/mol. The highest BCUT2D eigenvalue weighted by molar-refractivity contribution is 8.00. The maximum Gasteiger partial charge on any atom is 0.339 e. The highest BCUT2D eigenvalue weighted by Gasteiger charge is 2.30. The summed E-state index contributed by atoms with van der Waals surface area (Å²) in [6.45, 7) is 0.384. The van der Waals surface area contributed by atoms with E-state index >= 15 is 0 Å². The van der Waals surface area contributed by atoms with Crippen LogP contribution in [0.1, 0.15) is 20.7 Å². The molecule has 5 nitrogen and oxygen atoms in total. The van der Waals surface area contributed by atoms with Gasteiger partial charge in [-0.25, -0.2) is 9.59 Å². The van der Waals surface area contributed by atoms with Crippen molar-refractivity contribution >= 4 is 23.7 Å². The van der Waals surface area contributed by atoms with Crippen molar-refractivity contribution < 1.29 is 23.8 Å². The first-order valence-corrected chi connectivity index (χ1v) is 8.42. The SMILES string of the molecule is O=C(OCC1OCC(OC(=O)c2ccccc2)S1)c1ccccc1. The Morgan fingerprint density at radius 2 is 1.54 bits per heavy atom. The summed E-state index contributed by atoms with van der Waals surface area (Å²) >= 11 is 1.33.